The highest BCUT2D eigenvalue weighted by molar-refractivity contribution is 6.43. The fraction of sp³-hybridized carbons (Fsp3) is 0.318. The number of piperidine rings is 1. The number of carbonyl (C=O) groups is 2. The minimum Gasteiger partial charge on any atom is -0.386 e. The van der Waals surface area contributed by atoms with Gasteiger partial charge in [-0.25, -0.2) is 0 Å². The van der Waals surface area contributed by atoms with Crippen LogP contribution in [-0.2, 0) is 9.63 Å². The van der Waals surface area contributed by atoms with Gasteiger partial charge in [-0.2, -0.15) is 0 Å². The molecule has 0 bridgehead atoms. The highest BCUT2D eigenvalue weighted by Crippen LogP contribution is 2.34. The maximum atomic E-state index is 12.9. The molecule has 0 saturated carbocycles. The molecule has 1 fully saturated rings. The molecule has 2 aliphatic heterocycles. The number of rotatable bonds is 3. The Labute approximate surface area is 174 Å². The van der Waals surface area contributed by atoms with E-state index in [1.165, 1.54) is 0 Å². The van der Waals surface area contributed by atoms with Crippen molar-refractivity contribution in [3.05, 3.63) is 64.7 Å². The van der Waals surface area contributed by atoms with Crippen molar-refractivity contribution in [2.24, 2.45) is 5.16 Å². The molecule has 0 radical (unpaired) electrons. The molecule has 6 nitrogen and oxygen atoms in total. The Balaban J connectivity index is 1.41. The van der Waals surface area contributed by atoms with Crippen LogP contribution in [0.3, 0.4) is 0 Å². The molecule has 4 rings (SSSR count). The number of carbonyl (C=O) groups excluding carboxylic acids is 2. The fourth-order valence-electron chi connectivity index (χ4n) is 3.78. The summed E-state index contributed by atoms with van der Waals surface area (Å²) in [5, 5.41) is 7.38. The molecule has 2 amide bonds. The van der Waals surface area contributed by atoms with E-state index in [4.69, 9.17) is 16.4 Å². The van der Waals surface area contributed by atoms with Crippen LogP contribution in [0.2, 0.25) is 5.02 Å². The quantitative estimate of drug-likeness (QED) is 0.828. The lowest BCUT2D eigenvalue weighted by atomic mass is 9.87. The lowest BCUT2D eigenvalue weighted by Gasteiger charge is -2.38. The van der Waals surface area contributed by atoms with Gasteiger partial charge in [0.1, 0.15) is 5.71 Å². The molecular weight excluding hydrogens is 390 g/mol. The summed E-state index contributed by atoms with van der Waals surface area (Å²) in [7, 11) is 0. The minimum atomic E-state index is -0.639. The first kappa shape index (κ1) is 19.5. The van der Waals surface area contributed by atoms with Gasteiger partial charge in [-0.15, -0.1) is 0 Å². The van der Waals surface area contributed by atoms with Gasteiger partial charge in [0.15, 0.2) is 5.60 Å². The third-order valence-corrected chi connectivity index (χ3v) is 5.54. The summed E-state index contributed by atoms with van der Waals surface area (Å²) in [6.45, 7) is 3.07. The van der Waals surface area contributed by atoms with Crippen molar-refractivity contribution in [1.82, 2.24) is 4.90 Å². The topological polar surface area (TPSA) is 71.0 Å². The van der Waals surface area contributed by atoms with E-state index >= 15 is 0 Å². The minimum absolute atomic E-state index is 0.0236. The standard InChI is InChI=1S/C22H22ClN3O3/c1-15-6-8-16(9-7-15)21(28)26-11-3-10-22(14-26)13-19(25-29-22)20(27)24-18-5-2-4-17(23)12-18/h2,4-9,12H,3,10-11,13-14H2,1H3,(H,24,27). The van der Waals surface area contributed by atoms with Crippen LogP contribution in [0.25, 0.3) is 0 Å². The first-order valence-electron chi connectivity index (χ1n) is 9.62. The smallest absolute Gasteiger partial charge is 0.273 e. The number of halogens is 1. The number of anilines is 1. The molecule has 1 atom stereocenters. The average Bonchev–Trinajstić information content (AvgIpc) is 3.11. The Morgan fingerprint density at radius 1 is 1.21 bits per heavy atom. The Morgan fingerprint density at radius 2 is 2.00 bits per heavy atom. The summed E-state index contributed by atoms with van der Waals surface area (Å²) in [5.41, 5.74) is 2.06. The number of nitrogens with zero attached hydrogens (tertiary/aromatic N) is 2. The van der Waals surface area contributed by atoms with Crippen molar-refractivity contribution >= 4 is 34.8 Å². The van der Waals surface area contributed by atoms with Gasteiger partial charge in [-0.3, -0.25) is 9.59 Å². The van der Waals surface area contributed by atoms with E-state index in [2.05, 4.69) is 10.5 Å². The predicted molar refractivity (Wildman–Crippen MR) is 112 cm³/mol. The molecular formula is C22H22ClN3O3. The van der Waals surface area contributed by atoms with Crippen molar-refractivity contribution < 1.29 is 14.4 Å². The highest BCUT2D eigenvalue weighted by Gasteiger charge is 2.45. The van der Waals surface area contributed by atoms with Gasteiger partial charge < -0.3 is 15.1 Å². The number of hydrogen-bond donors (Lipinski definition) is 1. The Kier molecular flexibility index (Phi) is 5.28. The summed E-state index contributed by atoms with van der Waals surface area (Å²) >= 11 is 5.97. The van der Waals surface area contributed by atoms with Crippen LogP contribution in [-0.4, -0.2) is 41.1 Å². The van der Waals surface area contributed by atoms with Crippen LogP contribution >= 0.6 is 11.6 Å². The van der Waals surface area contributed by atoms with Gasteiger partial charge >= 0.3 is 0 Å². The summed E-state index contributed by atoms with van der Waals surface area (Å²) in [6, 6.07) is 14.5. The monoisotopic (exact) mass is 411 g/mol. The lowest BCUT2D eigenvalue weighted by molar-refractivity contribution is -0.110. The molecule has 0 aromatic heterocycles. The van der Waals surface area contributed by atoms with Crippen molar-refractivity contribution in [2.45, 2.75) is 31.8 Å². The molecule has 2 aliphatic rings. The van der Waals surface area contributed by atoms with Crippen molar-refractivity contribution in [3.8, 4) is 0 Å². The average molecular weight is 412 g/mol. The zero-order chi connectivity index (χ0) is 20.4. The second-order valence-electron chi connectivity index (χ2n) is 7.65. The maximum absolute atomic E-state index is 12.9. The molecule has 1 N–H and O–H groups in total. The summed E-state index contributed by atoms with van der Waals surface area (Å²) in [4.78, 5) is 33.0. The molecule has 1 saturated heterocycles. The van der Waals surface area contributed by atoms with Crippen LogP contribution in [0.5, 0.6) is 0 Å². The molecule has 1 unspecified atom stereocenters. The number of aryl methyl sites for hydroxylation is 1. The van der Waals surface area contributed by atoms with Crippen molar-refractivity contribution in [3.63, 3.8) is 0 Å². The van der Waals surface area contributed by atoms with E-state index in [0.717, 1.165) is 18.4 Å². The lowest BCUT2D eigenvalue weighted by Crippen LogP contribution is -2.50. The third-order valence-electron chi connectivity index (χ3n) is 5.31. The second-order valence-corrected chi connectivity index (χ2v) is 8.09. The fourth-order valence-corrected chi connectivity index (χ4v) is 3.97. The Bertz CT molecular complexity index is 974. The molecule has 1 spiro atoms. The number of hydrogen-bond acceptors (Lipinski definition) is 4. The van der Waals surface area contributed by atoms with E-state index in [-0.39, 0.29) is 11.8 Å². The summed E-state index contributed by atoms with van der Waals surface area (Å²) in [5.74, 6) is -0.337. The molecule has 29 heavy (non-hydrogen) atoms. The highest BCUT2D eigenvalue weighted by atomic mass is 35.5. The Hall–Kier alpha value is -2.86. The normalized spacial score (nSPS) is 20.9. The van der Waals surface area contributed by atoms with E-state index in [9.17, 15) is 9.59 Å². The van der Waals surface area contributed by atoms with E-state index in [1.807, 2.05) is 31.2 Å². The molecule has 2 heterocycles. The van der Waals surface area contributed by atoms with Crippen molar-refractivity contribution in [2.75, 3.05) is 18.4 Å². The molecule has 150 valence electrons. The zero-order valence-electron chi connectivity index (χ0n) is 16.2. The van der Waals surface area contributed by atoms with Gasteiger partial charge in [-0.05, 0) is 50.1 Å². The van der Waals surface area contributed by atoms with Crippen LogP contribution in [0.15, 0.2) is 53.7 Å². The zero-order valence-corrected chi connectivity index (χ0v) is 16.9. The largest absolute Gasteiger partial charge is 0.386 e. The predicted octanol–water partition coefficient (Wildman–Crippen LogP) is 4.04. The van der Waals surface area contributed by atoms with Crippen LogP contribution in [0, 0.1) is 6.92 Å². The number of amides is 2. The molecule has 0 aliphatic carbocycles. The number of oxime groups is 1. The van der Waals surface area contributed by atoms with Gasteiger partial charge in [0.25, 0.3) is 11.8 Å². The van der Waals surface area contributed by atoms with Gasteiger partial charge in [-0.1, -0.05) is 40.5 Å². The second kappa shape index (κ2) is 7.87. The molecule has 2 aromatic rings. The number of benzene rings is 2. The summed E-state index contributed by atoms with van der Waals surface area (Å²) in [6.07, 6.45) is 1.93. The van der Waals surface area contributed by atoms with E-state index in [0.29, 0.717) is 41.5 Å². The van der Waals surface area contributed by atoms with E-state index in [1.54, 1.807) is 29.2 Å². The van der Waals surface area contributed by atoms with Crippen LogP contribution in [0.4, 0.5) is 5.69 Å². The number of likely N-dealkylation sites (tertiary alicyclic amines) is 1. The SMILES string of the molecule is Cc1ccc(C(=O)N2CCCC3(CC(C(=O)Nc4cccc(Cl)c4)=NO3)C2)cc1. The first-order chi connectivity index (χ1) is 13.9. The first-order valence-corrected chi connectivity index (χ1v) is 10.00. The van der Waals surface area contributed by atoms with E-state index < -0.39 is 5.60 Å². The molecule has 2 aromatic carbocycles. The van der Waals surface area contributed by atoms with Gasteiger partial charge in [0, 0.05) is 29.2 Å². The van der Waals surface area contributed by atoms with Gasteiger partial charge in [0.05, 0.1) is 6.54 Å². The van der Waals surface area contributed by atoms with Crippen LogP contribution < -0.4 is 5.32 Å². The molecule has 7 heteroatoms. The van der Waals surface area contributed by atoms with Crippen molar-refractivity contribution in [1.29, 1.82) is 0 Å². The third kappa shape index (κ3) is 4.27. The Morgan fingerprint density at radius 3 is 2.76 bits per heavy atom. The maximum Gasteiger partial charge on any atom is 0.273 e. The summed E-state index contributed by atoms with van der Waals surface area (Å²) < 4.78 is 0. The van der Waals surface area contributed by atoms with Crippen LogP contribution in [0.1, 0.15) is 35.2 Å². The van der Waals surface area contributed by atoms with Gasteiger partial charge in [0.2, 0.25) is 0 Å². The number of nitrogens with one attached hydrogen (secondary N) is 1.